The van der Waals surface area contributed by atoms with E-state index in [1.165, 1.54) is 6.07 Å². The molecule has 140 valence electrons. The van der Waals surface area contributed by atoms with Crippen molar-refractivity contribution in [2.75, 3.05) is 30.3 Å². The largest absolute Gasteiger partial charge is 0.444 e. The molecule has 5 nitrogen and oxygen atoms in total. The molecule has 0 aliphatic carbocycles. The van der Waals surface area contributed by atoms with Crippen LogP contribution in [0.4, 0.5) is 29.3 Å². The van der Waals surface area contributed by atoms with Gasteiger partial charge in [-0.3, -0.25) is 0 Å². The summed E-state index contributed by atoms with van der Waals surface area (Å²) >= 11 is 0. The van der Waals surface area contributed by atoms with Gasteiger partial charge >= 0.3 is 12.3 Å². The average molecular weight is 359 g/mol. The lowest BCUT2D eigenvalue weighted by molar-refractivity contribution is -0.137. The Balaban J connectivity index is 2.09. The van der Waals surface area contributed by atoms with Crippen molar-refractivity contribution in [2.24, 2.45) is 0 Å². The Morgan fingerprint density at radius 3 is 2.36 bits per heavy atom. The molecule has 8 heteroatoms. The van der Waals surface area contributed by atoms with Crippen LogP contribution in [0.5, 0.6) is 0 Å². The van der Waals surface area contributed by atoms with E-state index in [0.717, 1.165) is 12.1 Å². The van der Waals surface area contributed by atoms with Gasteiger partial charge in [0, 0.05) is 25.7 Å². The topological polar surface area (TPSA) is 58.8 Å². The van der Waals surface area contributed by atoms with Crippen molar-refractivity contribution >= 4 is 17.5 Å². The highest BCUT2D eigenvalue weighted by molar-refractivity contribution is 5.71. The molecule has 1 aromatic carbocycles. The van der Waals surface area contributed by atoms with Gasteiger partial charge < -0.3 is 20.3 Å². The van der Waals surface area contributed by atoms with Crippen molar-refractivity contribution in [3.63, 3.8) is 0 Å². The Labute approximate surface area is 145 Å². The summed E-state index contributed by atoms with van der Waals surface area (Å²) in [5, 5.41) is 0. The van der Waals surface area contributed by atoms with Crippen LogP contribution in [0.15, 0.2) is 18.2 Å². The third-order valence-electron chi connectivity index (χ3n) is 3.95. The fourth-order valence-electron chi connectivity index (χ4n) is 2.79. The minimum absolute atomic E-state index is 0.0766. The van der Waals surface area contributed by atoms with Crippen molar-refractivity contribution in [3.8, 4) is 0 Å². The summed E-state index contributed by atoms with van der Waals surface area (Å²) in [6, 6.07) is 3.20. The summed E-state index contributed by atoms with van der Waals surface area (Å²) in [7, 11) is 0. The summed E-state index contributed by atoms with van der Waals surface area (Å²) in [5.74, 6) is 0. The van der Waals surface area contributed by atoms with Crippen LogP contribution in [0, 0.1) is 0 Å². The Bertz CT molecular complexity index is 641. The van der Waals surface area contributed by atoms with Crippen molar-refractivity contribution < 1.29 is 22.7 Å². The van der Waals surface area contributed by atoms with E-state index in [9.17, 15) is 18.0 Å². The Morgan fingerprint density at radius 2 is 1.88 bits per heavy atom. The summed E-state index contributed by atoms with van der Waals surface area (Å²) in [6.45, 7) is 8.62. The normalized spacial score (nSPS) is 19.1. The molecule has 1 atom stereocenters. The number of carbonyl (C=O) groups excluding carboxylic acids is 1. The Morgan fingerprint density at radius 1 is 1.24 bits per heavy atom. The summed E-state index contributed by atoms with van der Waals surface area (Å²) in [4.78, 5) is 15.7. The van der Waals surface area contributed by atoms with Gasteiger partial charge in [0.25, 0.3) is 0 Å². The Kier molecular flexibility index (Phi) is 5.11. The van der Waals surface area contributed by atoms with Crippen LogP contribution in [0.2, 0.25) is 0 Å². The predicted octanol–water partition coefficient (Wildman–Crippen LogP) is 3.73. The number of nitrogens with two attached hydrogens (primary N) is 1. The summed E-state index contributed by atoms with van der Waals surface area (Å²) in [5.41, 5.74) is 5.10. The molecule has 0 saturated carbocycles. The van der Waals surface area contributed by atoms with Crippen LogP contribution < -0.4 is 10.6 Å². The van der Waals surface area contributed by atoms with Crippen LogP contribution in [0.1, 0.15) is 33.3 Å². The maximum absolute atomic E-state index is 12.8. The molecule has 1 saturated heterocycles. The lowest BCUT2D eigenvalue weighted by Gasteiger charge is -2.41. The first-order chi connectivity index (χ1) is 11.4. The molecule has 1 aromatic rings. The number of hydrogen-bond acceptors (Lipinski definition) is 4. The molecular formula is C17H24F3N3O2. The highest BCUT2D eigenvalue weighted by Crippen LogP contribution is 2.34. The van der Waals surface area contributed by atoms with Crippen LogP contribution >= 0.6 is 0 Å². The molecule has 0 aromatic heterocycles. The molecule has 1 unspecified atom stereocenters. The van der Waals surface area contributed by atoms with Crippen LogP contribution in [0.3, 0.4) is 0 Å². The fourth-order valence-corrected chi connectivity index (χ4v) is 2.79. The molecular weight excluding hydrogens is 335 g/mol. The maximum atomic E-state index is 12.8. The van der Waals surface area contributed by atoms with E-state index in [-0.39, 0.29) is 17.8 Å². The van der Waals surface area contributed by atoms with E-state index < -0.39 is 17.3 Å². The molecule has 25 heavy (non-hydrogen) atoms. The minimum Gasteiger partial charge on any atom is -0.444 e. The van der Waals surface area contributed by atoms with E-state index in [1.807, 2.05) is 11.8 Å². The second kappa shape index (κ2) is 6.65. The van der Waals surface area contributed by atoms with Crippen LogP contribution in [-0.2, 0) is 10.9 Å². The molecule has 1 heterocycles. The number of rotatable bonds is 1. The zero-order chi connectivity index (χ0) is 19.0. The zero-order valence-corrected chi connectivity index (χ0v) is 14.9. The third-order valence-corrected chi connectivity index (χ3v) is 3.95. The number of hydrogen-bond donors (Lipinski definition) is 1. The highest BCUT2D eigenvalue weighted by atomic mass is 19.4. The SMILES string of the molecule is CC1CN(c2ccc(C(F)(F)F)cc2N)CCN1C(=O)OC(C)(C)C. The number of piperazine rings is 1. The molecule has 1 fully saturated rings. The molecule has 0 spiro atoms. The monoisotopic (exact) mass is 359 g/mol. The summed E-state index contributed by atoms with van der Waals surface area (Å²) in [6.07, 6.45) is -4.81. The second-order valence-electron chi connectivity index (χ2n) is 7.24. The smallest absolute Gasteiger partial charge is 0.416 e. The van der Waals surface area contributed by atoms with E-state index in [0.29, 0.717) is 25.3 Å². The number of nitrogens with zero attached hydrogens (tertiary/aromatic N) is 2. The molecule has 1 aliphatic heterocycles. The first-order valence-electron chi connectivity index (χ1n) is 8.10. The first kappa shape index (κ1) is 19.2. The third kappa shape index (κ3) is 4.70. The fraction of sp³-hybridized carbons (Fsp3) is 0.588. The number of nitrogen functional groups attached to an aromatic ring is 1. The van der Waals surface area contributed by atoms with Gasteiger partial charge in [-0.1, -0.05) is 0 Å². The molecule has 0 radical (unpaired) electrons. The zero-order valence-electron chi connectivity index (χ0n) is 14.9. The molecule has 2 rings (SSSR count). The van der Waals surface area contributed by atoms with Gasteiger partial charge in [-0.15, -0.1) is 0 Å². The first-order valence-corrected chi connectivity index (χ1v) is 8.10. The van der Waals surface area contributed by atoms with E-state index in [2.05, 4.69) is 0 Å². The number of anilines is 2. The predicted molar refractivity (Wildman–Crippen MR) is 90.5 cm³/mol. The van der Waals surface area contributed by atoms with E-state index in [4.69, 9.17) is 10.5 Å². The second-order valence-corrected chi connectivity index (χ2v) is 7.24. The van der Waals surface area contributed by atoms with Gasteiger partial charge in [-0.25, -0.2) is 4.79 Å². The molecule has 0 bridgehead atoms. The summed E-state index contributed by atoms with van der Waals surface area (Å²) < 4.78 is 43.6. The highest BCUT2D eigenvalue weighted by Gasteiger charge is 2.33. The quantitative estimate of drug-likeness (QED) is 0.776. The molecule has 2 N–H and O–H groups in total. The van der Waals surface area contributed by atoms with Crippen molar-refractivity contribution in [3.05, 3.63) is 23.8 Å². The standard InChI is InChI=1S/C17H24F3N3O2/c1-11-10-22(7-8-23(11)15(24)25-16(2,3)4)14-6-5-12(9-13(14)21)17(18,19)20/h5-6,9,11H,7-8,10,21H2,1-4H3. The number of amides is 1. The lowest BCUT2D eigenvalue weighted by Crippen LogP contribution is -2.55. The van der Waals surface area contributed by atoms with Gasteiger partial charge in [0.1, 0.15) is 5.60 Å². The molecule has 1 amide bonds. The van der Waals surface area contributed by atoms with Crippen LogP contribution in [-0.4, -0.2) is 42.3 Å². The molecule has 1 aliphatic rings. The van der Waals surface area contributed by atoms with Gasteiger partial charge in [-0.05, 0) is 45.9 Å². The minimum atomic E-state index is -4.42. The van der Waals surface area contributed by atoms with Gasteiger partial charge in [0.2, 0.25) is 0 Å². The van der Waals surface area contributed by atoms with Gasteiger partial charge in [0.15, 0.2) is 0 Å². The Hall–Kier alpha value is -2.12. The van der Waals surface area contributed by atoms with Crippen molar-refractivity contribution in [1.29, 1.82) is 0 Å². The maximum Gasteiger partial charge on any atom is 0.416 e. The van der Waals surface area contributed by atoms with Gasteiger partial charge in [-0.2, -0.15) is 13.2 Å². The van der Waals surface area contributed by atoms with E-state index >= 15 is 0 Å². The van der Waals surface area contributed by atoms with Crippen molar-refractivity contribution in [1.82, 2.24) is 4.90 Å². The van der Waals surface area contributed by atoms with Crippen LogP contribution in [0.25, 0.3) is 0 Å². The lowest BCUT2D eigenvalue weighted by atomic mass is 10.1. The average Bonchev–Trinajstić information content (AvgIpc) is 2.44. The van der Waals surface area contributed by atoms with E-state index in [1.54, 1.807) is 25.7 Å². The number of ether oxygens (including phenoxy) is 1. The number of carbonyl (C=O) groups is 1. The number of benzene rings is 1. The number of alkyl halides is 3. The van der Waals surface area contributed by atoms with Gasteiger partial charge in [0.05, 0.1) is 16.9 Å². The van der Waals surface area contributed by atoms with Crippen molar-refractivity contribution in [2.45, 2.75) is 45.5 Å². The number of halogens is 3.